The number of primary amides is 1. The molecular formula is C16H15F2N3O. The number of nitrogens with zero attached hydrogens (tertiary/aromatic N) is 2. The molecule has 2 N–H and O–H groups in total. The zero-order chi connectivity index (χ0) is 15.9. The summed E-state index contributed by atoms with van der Waals surface area (Å²) >= 11 is 0. The first-order chi connectivity index (χ1) is 10.5. The lowest BCUT2D eigenvalue weighted by molar-refractivity contribution is 0.0995. The Bertz CT molecular complexity index is 761. The number of hydrogen-bond acceptors (Lipinski definition) is 3. The lowest BCUT2D eigenvalue weighted by atomic mass is 9.93. The van der Waals surface area contributed by atoms with Gasteiger partial charge in [-0.3, -0.25) is 4.79 Å². The van der Waals surface area contributed by atoms with Gasteiger partial charge in [-0.25, -0.2) is 13.8 Å². The van der Waals surface area contributed by atoms with Crippen molar-refractivity contribution in [3.8, 4) is 11.1 Å². The maximum Gasteiger partial charge on any atom is 0.267 e. The van der Waals surface area contributed by atoms with Crippen LogP contribution in [0.1, 0.15) is 21.7 Å². The summed E-state index contributed by atoms with van der Waals surface area (Å²) < 4.78 is 27.3. The summed E-state index contributed by atoms with van der Waals surface area (Å²) in [5.74, 6) is -1.97. The maximum absolute atomic E-state index is 14.1. The van der Waals surface area contributed by atoms with Crippen molar-refractivity contribution in [1.82, 2.24) is 9.88 Å². The summed E-state index contributed by atoms with van der Waals surface area (Å²) in [7, 11) is 1.94. The molecule has 2 heterocycles. The third-order valence-electron chi connectivity index (χ3n) is 3.85. The van der Waals surface area contributed by atoms with Gasteiger partial charge >= 0.3 is 0 Å². The van der Waals surface area contributed by atoms with Crippen LogP contribution in [0, 0.1) is 11.6 Å². The number of halogens is 2. The molecule has 1 aliphatic heterocycles. The highest BCUT2D eigenvalue weighted by atomic mass is 19.1. The first kappa shape index (κ1) is 14.6. The largest absolute Gasteiger partial charge is 0.364 e. The number of carbonyl (C=O) groups is 1. The average Bonchev–Trinajstić information content (AvgIpc) is 2.45. The predicted octanol–water partition coefficient (Wildman–Crippen LogP) is 2.11. The minimum Gasteiger partial charge on any atom is -0.364 e. The van der Waals surface area contributed by atoms with E-state index in [9.17, 15) is 13.6 Å². The Morgan fingerprint density at radius 3 is 2.73 bits per heavy atom. The van der Waals surface area contributed by atoms with Gasteiger partial charge in [0, 0.05) is 24.7 Å². The van der Waals surface area contributed by atoms with Gasteiger partial charge in [0.15, 0.2) is 0 Å². The van der Waals surface area contributed by atoms with Gasteiger partial charge < -0.3 is 10.6 Å². The van der Waals surface area contributed by atoms with Crippen LogP contribution < -0.4 is 5.73 Å². The number of carbonyl (C=O) groups excluding carboxylic acids is 1. The number of likely N-dealkylation sites (N-methyl/N-ethyl adjacent to an activating group) is 1. The molecule has 114 valence electrons. The number of pyridine rings is 1. The van der Waals surface area contributed by atoms with E-state index < -0.39 is 17.5 Å². The molecule has 0 unspecified atom stereocenters. The molecule has 0 bridgehead atoms. The second-order valence-corrected chi connectivity index (χ2v) is 5.46. The van der Waals surface area contributed by atoms with Crippen LogP contribution in [-0.4, -0.2) is 29.4 Å². The van der Waals surface area contributed by atoms with Gasteiger partial charge in [-0.2, -0.15) is 0 Å². The molecule has 0 spiro atoms. The fourth-order valence-electron chi connectivity index (χ4n) is 2.75. The third kappa shape index (κ3) is 2.57. The normalized spacial score (nSPS) is 14.7. The highest BCUT2D eigenvalue weighted by molar-refractivity contribution is 5.92. The molecular weight excluding hydrogens is 288 g/mol. The van der Waals surface area contributed by atoms with Crippen LogP contribution in [0.4, 0.5) is 8.78 Å². The van der Waals surface area contributed by atoms with E-state index in [1.54, 1.807) is 0 Å². The molecule has 1 aromatic heterocycles. The summed E-state index contributed by atoms with van der Waals surface area (Å²) in [5, 5.41) is 0. The molecule has 0 aliphatic carbocycles. The van der Waals surface area contributed by atoms with E-state index in [0.29, 0.717) is 24.2 Å². The van der Waals surface area contributed by atoms with Crippen LogP contribution in [0.5, 0.6) is 0 Å². The number of nitrogens with two attached hydrogens (primary N) is 1. The van der Waals surface area contributed by atoms with Crippen molar-refractivity contribution in [2.75, 3.05) is 13.6 Å². The van der Waals surface area contributed by atoms with Gasteiger partial charge in [-0.15, -0.1) is 0 Å². The Balaban J connectivity index is 2.23. The zero-order valence-corrected chi connectivity index (χ0v) is 12.1. The Kier molecular flexibility index (Phi) is 3.62. The van der Waals surface area contributed by atoms with E-state index >= 15 is 0 Å². The number of amides is 1. The van der Waals surface area contributed by atoms with E-state index in [0.717, 1.165) is 18.2 Å². The Hall–Kier alpha value is -2.34. The lowest BCUT2D eigenvalue weighted by Crippen LogP contribution is -2.29. The molecule has 22 heavy (non-hydrogen) atoms. The highest BCUT2D eigenvalue weighted by Crippen LogP contribution is 2.31. The Morgan fingerprint density at radius 2 is 2.05 bits per heavy atom. The number of hydrogen-bond donors (Lipinski definition) is 1. The molecule has 0 atom stereocenters. The van der Waals surface area contributed by atoms with Crippen molar-refractivity contribution in [3.05, 3.63) is 52.9 Å². The van der Waals surface area contributed by atoms with Crippen molar-refractivity contribution >= 4 is 5.91 Å². The van der Waals surface area contributed by atoms with Crippen LogP contribution in [0.3, 0.4) is 0 Å². The number of aromatic nitrogens is 1. The molecule has 0 fully saturated rings. The van der Waals surface area contributed by atoms with Gasteiger partial charge in [-0.05, 0) is 42.8 Å². The number of rotatable bonds is 2. The second kappa shape index (κ2) is 5.46. The Labute approximate surface area is 126 Å². The minimum absolute atomic E-state index is 0.0905. The molecule has 1 aromatic carbocycles. The van der Waals surface area contributed by atoms with Crippen molar-refractivity contribution in [1.29, 1.82) is 0 Å². The fourth-order valence-corrected chi connectivity index (χ4v) is 2.75. The minimum atomic E-state index is -0.667. The SMILES string of the molecule is CN1CCc2c(-c3ccc(F)cc3F)cc(C(N)=O)nc2C1. The maximum atomic E-state index is 14.1. The van der Waals surface area contributed by atoms with E-state index in [2.05, 4.69) is 9.88 Å². The van der Waals surface area contributed by atoms with E-state index in [-0.39, 0.29) is 11.3 Å². The van der Waals surface area contributed by atoms with Crippen molar-refractivity contribution < 1.29 is 13.6 Å². The molecule has 0 saturated carbocycles. The molecule has 6 heteroatoms. The summed E-state index contributed by atoms with van der Waals surface area (Å²) in [6, 6.07) is 4.90. The molecule has 1 aliphatic rings. The number of benzene rings is 1. The van der Waals surface area contributed by atoms with E-state index in [1.165, 1.54) is 18.2 Å². The summed E-state index contributed by atoms with van der Waals surface area (Å²) in [4.78, 5) is 17.8. The van der Waals surface area contributed by atoms with E-state index in [1.807, 2.05) is 7.05 Å². The first-order valence-corrected chi connectivity index (χ1v) is 6.92. The quantitative estimate of drug-likeness (QED) is 0.924. The standard InChI is InChI=1S/C16H15F2N3O/c1-21-5-4-11-12(10-3-2-9(17)6-13(10)18)7-14(16(19)22)20-15(11)8-21/h2-3,6-7H,4-5,8H2,1H3,(H2,19,22). The van der Waals surface area contributed by atoms with Gasteiger partial charge in [0.25, 0.3) is 5.91 Å². The Morgan fingerprint density at radius 1 is 1.27 bits per heavy atom. The van der Waals surface area contributed by atoms with Crippen LogP contribution in [0.25, 0.3) is 11.1 Å². The van der Waals surface area contributed by atoms with Crippen molar-refractivity contribution in [2.24, 2.45) is 5.73 Å². The van der Waals surface area contributed by atoms with Crippen LogP contribution in [0.15, 0.2) is 24.3 Å². The molecule has 1 amide bonds. The molecule has 0 saturated heterocycles. The molecule has 2 aromatic rings. The monoisotopic (exact) mass is 303 g/mol. The highest BCUT2D eigenvalue weighted by Gasteiger charge is 2.22. The lowest BCUT2D eigenvalue weighted by Gasteiger charge is -2.26. The smallest absolute Gasteiger partial charge is 0.267 e. The van der Waals surface area contributed by atoms with Crippen molar-refractivity contribution in [3.63, 3.8) is 0 Å². The summed E-state index contributed by atoms with van der Waals surface area (Å²) in [6.45, 7) is 1.37. The van der Waals surface area contributed by atoms with Crippen molar-refractivity contribution in [2.45, 2.75) is 13.0 Å². The average molecular weight is 303 g/mol. The van der Waals surface area contributed by atoms with Gasteiger partial charge in [-0.1, -0.05) is 0 Å². The van der Waals surface area contributed by atoms with Gasteiger partial charge in [0.1, 0.15) is 17.3 Å². The van der Waals surface area contributed by atoms with Gasteiger partial charge in [0.05, 0.1) is 5.69 Å². The fraction of sp³-hybridized carbons (Fsp3) is 0.250. The van der Waals surface area contributed by atoms with Gasteiger partial charge in [0.2, 0.25) is 0 Å². The molecule has 3 rings (SSSR count). The van der Waals surface area contributed by atoms with Crippen LogP contribution in [-0.2, 0) is 13.0 Å². The topological polar surface area (TPSA) is 59.2 Å². The molecule has 0 radical (unpaired) electrons. The third-order valence-corrected chi connectivity index (χ3v) is 3.85. The second-order valence-electron chi connectivity index (χ2n) is 5.46. The number of fused-ring (bicyclic) bond motifs is 1. The summed E-state index contributed by atoms with van der Waals surface area (Å²) in [5.41, 5.74) is 7.82. The summed E-state index contributed by atoms with van der Waals surface area (Å²) in [6.07, 6.45) is 0.685. The van der Waals surface area contributed by atoms with Crippen LogP contribution >= 0.6 is 0 Å². The first-order valence-electron chi connectivity index (χ1n) is 6.92. The van der Waals surface area contributed by atoms with Crippen LogP contribution in [0.2, 0.25) is 0 Å². The van der Waals surface area contributed by atoms with E-state index in [4.69, 9.17) is 5.73 Å². The predicted molar refractivity (Wildman–Crippen MR) is 78.1 cm³/mol. The zero-order valence-electron chi connectivity index (χ0n) is 12.1. The molecule has 4 nitrogen and oxygen atoms in total.